The van der Waals surface area contributed by atoms with Gasteiger partial charge in [0.1, 0.15) is 11.4 Å². The molecule has 1 unspecified atom stereocenters. The number of rotatable bonds is 5. The van der Waals surface area contributed by atoms with Gasteiger partial charge < -0.3 is 13.8 Å². The number of carbonyl (C=O) groups excluding carboxylic acids is 2. The summed E-state index contributed by atoms with van der Waals surface area (Å²) in [6.45, 7) is 5.70. The third-order valence-electron chi connectivity index (χ3n) is 6.44. The highest BCUT2D eigenvalue weighted by molar-refractivity contribution is 7.88. The van der Waals surface area contributed by atoms with Crippen LogP contribution in [-0.2, 0) is 32.5 Å². The molecular weight excluding hydrogens is 586 g/mol. The normalized spacial score (nSPS) is 20.2. The van der Waals surface area contributed by atoms with Crippen LogP contribution in [0.4, 0.5) is 18.0 Å². The van der Waals surface area contributed by atoms with Gasteiger partial charge in [0, 0.05) is 46.4 Å². The number of hydrogen-bond acceptors (Lipinski definition) is 7. The monoisotopic (exact) mass is 611 g/mol. The van der Waals surface area contributed by atoms with E-state index >= 15 is 0 Å². The van der Waals surface area contributed by atoms with Gasteiger partial charge in [-0.1, -0.05) is 23.2 Å². The molecule has 4 rings (SSSR count). The zero-order valence-electron chi connectivity index (χ0n) is 21.2. The third-order valence-corrected chi connectivity index (χ3v) is 8.09. The molecule has 214 valence electrons. The van der Waals surface area contributed by atoms with E-state index in [0.29, 0.717) is 25.8 Å². The van der Waals surface area contributed by atoms with Gasteiger partial charge in [0.2, 0.25) is 5.91 Å². The molecule has 15 heteroatoms. The maximum atomic E-state index is 13.4. The van der Waals surface area contributed by atoms with Crippen molar-refractivity contribution in [3.05, 3.63) is 45.2 Å². The molecule has 2 aromatic rings. The number of nitrogens with zero attached hydrogens (tertiary/aromatic N) is 3. The minimum Gasteiger partial charge on any atom is -0.442 e. The lowest BCUT2D eigenvalue weighted by Crippen LogP contribution is -2.34. The Balaban J connectivity index is 1.50. The molecule has 0 saturated carbocycles. The Morgan fingerprint density at radius 3 is 2.38 bits per heavy atom. The van der Waals surface area contributed by atoms with Crippen LogP contribution in [0.15, 0.2) is 18.3 Å². The smallest absolute Gasteiger partial charge is 0.442 e. The summed E-state index contributed by atoms with van der Waals surface area (Å²) in [7, 11) is -5.90. The second kappa shape index (κ2) is 10.5. The number of benzene rings is 1. The number of alkyl halides is 3. The van der Waals surface area contributed by atoms with Crippen LogP contribution >= 0.6 is 23.2 Å². The first-order valence-corrected chi connectivity index (χ1v) is 14.2. The van der Waals surface area contributed by atoms with Crippen molar-refractivity contribution in [3.8, 4) is 5.75 Å². The largest absolute Gasteiger partial charge is 0.534 e. The molecule has 2 atom stereocenters. The Hall–Kier alpha value is -2.51. The predicted octanol–water partition coefficient (Wildman–Crippen LogP) is 5.67. The molecule has 9 nitrogen and oxygen atoms in total. The molecule has 0 bridgehead atoms. The van der Waals surface area contributed by atoms with E-state index < -0.39 is 39.0 Å². The van der Waals surface area contributed by atoms with Gasteiger partial charge >= 0.3 is 21.7 Å². The van der Waals surface area contributed by atoms with E-state index in [4.69, 9.17) is 27.9 Å². The number of ether oxygens (including phenoxy) is 1. The molecule has 2 aliphatic rings. The van der Waals surface area contributed by atoms with Crippen LogP contribution in [0.2, 0.25) is 10.0 Å². The van der Waals surface area contributed by atoms with Gasteiger partial charge in [-0.05, 0) is 58.4 Å². The molecule has 0 N–H and O–H groups in total. The van der Waals surface area contributed by atoms with Gasteiger partial charge in [0.05, 0.1) is 11.7 Å². The molecule has 1 aromatic heterocycles. The minimum atomic E-state index is -5.90. The molecule has 39 heavy (non-hydrogen) atoms. The van der Waals surface area contributed by atoms with Crippen LogP contribution in [-0.4, -0.2) is 52.8 Å². The van der Waals surface area contributed by atoms with Crippen LogP contribution < -0.4 is 4.18 Å². The van der Waals surface area contributed by atoms with E-state index in [2.05, 4.69) is 9.28 Å². The molecule has 2 heterocycles. The Morgan fingerprint density at radius 2 is 1.79 bits per heavy atom. The van der Waals surface area contributed by atoms with Gasteiger partial charge in [0.25, 0.3) is 0 Å². The molecule has 1 aliphatic heterocycles. The first-order chi connectivity index (χ1) is 18.0. The summed E-state index contributed by atoms with van der Waals surface area (Å²) in [6.07, 6.45) is 3.69. The van der Waals surface area contributed by atoms with Crippen LogP contribution in [0.25, 0.3) is 0 Å². The van der Waals surface area contributed by atoms with Crippen LogP contribution in [0.5, 0.6) is 5.75 Å². The van der Waals surface area contributed by atoms with Gasteiger partial charge in [0.15, 0.2) is 0 Å². The summed E-state index contributed by atoms with van der Waals surface area (Å²) in [5.41, 5.74) is -4.52. The Morgan fingerprint density at radius 1 is 1.15 bits per heavy atom. The van der Waals surface area contributed by atoms with Crippen molar-refractivity contribution in [1.29, 1.82) is 0 Å². The summed E-state index contributed by atoms with van der Waals surface area (Å²) in [6, 6.07) is 1.56. The van der Waals surface area contributed by atoms with Crippen molar-refractivity contribution in [2.24, 2.45) is 5.92 Å². The Kier molecular flexibility index (Phi) is 7.91. The standard InChI is InChI=1S/C24H26Cl2F3N3O6S/c1-23(2,3)37-22(34)32-12-16-19(30-32)5-4-6-20(16)31-8-7-13(21(31)33)9-15-17(25)10-14(11-18(15)26)38-39(35,36)24(27,28)29/h10-13,20H,4-9H2,1-3H3/t13?,20-/m1/s1. The third kappa shape index (κ3) is 6.30. The summed E-state index contributed by atoms with van der Waals surface area (Å²) >= 11 is 12.4. The second-order valence-electron chi connectivity index (χ2n) is 10.4. The maximum Gasteiger partial charge on any atom is 0.534 e. The van der Waals surface area contributed by atoms with E-state index in [0.717, 1.165) is 34.5 Å². The molecule has 0 radical (unpaired) electrons. The molecule has 1 aliphatic carbocycles. The van der Waals surface area contributed by atoms with Gasteiger partial charge in [-0.2, -0.15) is 31.4 Å². The van der Waals surface area contributed by atoms with Crippen LogP contribution in [0.1, 0.15) is 62.9 Å². The number of halogens is 5. The van der Waals surface area contributed by atoms with Crippen molar-refractivity contribution in [2.75, 3.05) is 6.54 Å². The highest BCUT2D eigenvalue weighted by Gasteiger charge is 2.48. The fraction of sp³-hybridized carbons (Fsp3) is 0.542. The lowest BCUT2D eigenvalue weighted by molar-refractivity contribution is -0.133. The number of carbonyl (C=O) groups is 2. The zero-order chi connectivity index (χ0) is 28.9. The number of amides is 1. The van der Waals surface area contributed by atoms with E-state index in [1.165, 1.54) is 0 Å². The molecule has 1 amide bonds. The summed E-state index contributed by atoms with van der Waals surface area (Å²) in [5, 5.41) is 4.13. The lowest BCUT2D eigenvalue weighted by Gasteiger charge is -2.31. The first kappa shape index (κ1) is 29.5. The van der Waals surface area contributed by atoms with Crippen molar-refractivity contribution in [3.63, 3.8) is 0 Å². The van der Waals surface area contributed by atoms with Crippen LogP contribution in [0, 0.1) is 5.92 Å². The average molecular weight is 612 g/mol. The summed E-state index contributed by atoms with van der Waals surface area (Å²) in [4.78, 5) is 27.7. The molecular formula is C24H26Cl2F3N3O6S. The molecule has 1 fully saturated rings. The van der Waals surface area contributed by atoms with Gasteiger partial charge in [-0.3, -0.25) is 4.79 Å². The topological polar surface area (TPSA) is 108 Å². The highest BCUT2D eigenvalue weighted by atomic mass is 35.5. The van der Waals surface area contributed by atoms with Gasteiger partial charge in [-0.25, -0.2) is 4.79 Å². The number of aryl methyl sites for hydroxylation is 1. The van der Waals surface area contributed by atoms with Crippen LogP contribution in [0.3, 0.4) is 0 Å². The van der Waals surface area contributed by atoms with E-state index in [9.17, 15) is 31.2 Å². The zero-order valence-corrected chi connectivity index (χ0v) is 23.5. The number of fused-ring (bicyclic) bond motifs is 1. The fourth-order valence-electron chi connectivity index (χ4n) is 4.75. The minimum absolute atomic E-state index is 0.0933. The Labute approximate surface area is 233 Å². The molecule has 1 aromatic carbocycles. The maximum absolute atomic E-state index is 13.4. The van der Waals surface area contributed by atoms with Crippen molar-refractivity contribution in [2.45, 2.75) is 70.0 Å². The first-order valence-electron chi connectivity index (χ1n) is 12.1. The second-order valence-corrected chi connectivity index (χ2v) is 12.8. The molecule has 1 saturated heterocycles. The number of hydrogen-bond donors (Lipinski definition) is 0. The van der Waals surface area contributed by atoms with Crippen molar-refractivity contribution < 1.29 is 40.1 Å². The lowest BCUT2D eigenvalue weighted by atomic mass is 9.92. The SMILES string of the molecule is CC(C)(C)OC(=O)n1cc2c(n1)CCC[C@H]2N1CCC(Cc2c(Cl)cc(OS(=O)(=O)C(F)(F)F)cc2Cl)C1=O. The quantitative estimate of drug-likeness (QED) is 0.316. The summed E-state index contributed by atoms with van der Waals surface area (Å²) < 4.78 is 71.2. The number of likely N-dealkylation sites (tertiary alicyclic amines) is 1. The number of aromatic nitrogens is 2. The molecule has 0 spiro atoms. The Bertz CT molecular complexity index is 1380. The van der Waals surface area contributed by atoms with Gasteiger partial charge in [-0.15, -0.1) is 0 Å². The van der Waals surface area contributed by atoms with E-state index in [1.54, 1.807) is 31.9 Å². The highest BCUT2D eigenvalue weighted by Crippen LogP contribution is 2.40. The average Bonchev–Trinajstić information content (AvgIpc) is 3.38. The van der Waals surface area contributed by atoms with Crippen molar-refractivity contribution >= 4 is 45.3 Å². The van der Waals surface area contributed by atoms with E-state index in [1.807, 2.05) is 0 Å². The summed E-state index contributed by atoms with van der Waals surface area (Å²) in [5.74, 6) is -1.37. The van der Waals surface area contributed by atoms with Crippen molar-refractivity contribution in [1.82, 2.24) is 14.7 Å². The fourth-order valence-corrected chi connectivity index (χ4v) is 5.81. The predicted molar refractivity (Wildman–Crippen MR) is 135 cm³/mol. The van der Waals surface area contributed by atoms with E-state index in [-0.39, 0.29) is 34.0 Å².